The van der Waals surface area contributed by atoms with Gasteiger partial charge in [0.1, 0.15) is 0 Å². The lowest BCUT2D eigenvalue weighted by Gasteiger charge is -2.11. The van der Waals surface area contributed by atoms with Gasteiger partial charge in [0.05, 0.1) is 23.1 Å². The third-order valence-corrected chi connectivity index (χ3v) is 7.51. The summed E-state index contributed by atoms with van der Waals surface area (Å²) in [5, 5.41) is 17.9. The van der Waals surface area contributed by atoms with Crippen LogP contribution in [-0.2, 0) is 19.1 Å². The first-order valence-electron chi connectivity index (χ1n) is 9.70. The number of carbonyl (C=O) groups excluding carboxylic acids is 1. The Labute approximate surface area is 177 Å². The van der Waals surface area contributed by atoms with Gasteiger partial charge in [-0.15, -0.1) is 0 Å². The molecule has 4 atom stereocenters. The summed E-state index contributed by atoms with van der Waals surface area (Å²) in [6, 6.07) is 11.0. The van der Waals surface area contributed by atoms with Crippen molar-refractivity contribution in [2.45, 2.75) is 68.6 Å². The topological polar surface area (TPSA) is 108 Å². The number of benzene rings is 1. The molecule has 2 aliphatic rings. The van der Waals surface area contributed by atoms with Crippen LogP contribution in [0.15, 0.2) is 29.2 Å². The number of hydrogen-bond acceptors (Lipinski definition) is 7. The van der Waals surface area contributed by atoms with Crippen molar-refractivity contribution in [3.8, 4) is 12.1 Å². The van der Waals surface area contributed by atoms with Gasteiger partial charge in [-0.2, -0.15) is 18.9 Å². The fourth-order valence-corrected chi connectivity index (χ4v) is 5.65. The Morgan fingerprint density at radius 3 is 2.14 bits per heavy atom. The highest BCUT2D eigenvalue weighted by Crippen LogP contribution is 2.33. The third-order valence-electron chi connectivity index (χ3n) is 5.04. The number of thioether (sulfide) groups is 1. The monoisotopic (exact) mass is 434 g/mol. The molecule has 8 heteroatoms. The molecule has 156 valence electrons. The first-order chi connectivity index (χ1) is 13.7. The molecule has 2 fully saturated rings. The van der Waals surface area contributed by atoms with Gasteiger partial charge in [0, 0.05) is 24.0 Å². The third kappa shape index (κ3) is 7.47. The normalized spacial score (nSPS) is 26.1. The molecule has 0 spiro atoms. The van der Waals surface area contributed by atoms with Crippen LogP contribution in [0.3, 0.4) is 0 Å². The molecular formula is C21H26N2O4S2. The second-order valence-corrected chi connectivity index (χ2v) is 10.5. The summed E-state index contributed by atoms with van der Waals surface area (Å²) in [7, 11) is -3.70. The number of nitrogens with zero attached hydrogens (tertiary/aromatic N) is 2. The lowest BCUT2D eigenvalue weighted by atomic mass is 10.1. The van der Waals surface area contributed by atoms with Gasteiger partial charge >= 0.3 is 0 Å². The summed E-state index contributed by atoms with van der Waals surface area (Å²) in [4.78, 5) is 10.8. The van der Waals surface area contributed by atoms with E-state index in [9.17, 15) is 13.2 Å². The number of nitriles is 2. The zero-order valence-corrected chi connectivity index (χ0v) is 18.3. The van der Waals surface area contributed by atoms with E-state index in [0.717, 1.165) is 24.8 Å². The Kier molecular flexibility index (Phi) is 8.70. The van der Waals surface area contributed by atoms with E-state index >= 15 is 0 Å². The highest BCUT2D eigenvalue weighted by atomic mass is 32.2. The zero-order valence-electron chi connectivity index (χ0n) is 16.7. The van der Waals surface area contributed by atoms with Gasteiger partial charge in [-0.3, -0.25) is 8.98 Å². The van der Waals surface area contributed by atoms with E-state index in [0.29, 0.717) is 24.5 Å². The van der Waals surface area contributed by atoms with Crippen molar-refractivity contribution in [2.75, 3.05) is 0 Å². The summed E-state index contributed by atoms with van der Waals surface area (Å²) in [5.74, 6) is 0.120. The van der Waals surface area contributed by atoms with Crippen LogP contribution in [0.4, 0.5) is 0 Å². The molecule has 0 amide bonds. The molecule has 0 heterocycles. The van der Waals surface area contributed by atoms with Crippen molar-refractivity contribution < 1.29 is 17.4 Å². The standard InChI is InChI=1S/C13H15NO3S.C8H11NOS/c1-10-2-6-13(7-3-10)18(15,16)17-12-5-4-11(8-12)9-14;1-6(10)11-8-3-2-7(4-8)5-9/h2-3,6-7,11-12H,4-5,8H2,1H3;7-8H,2-4H2,1H3. The lowest BCUT2D eigenvalue weighted by molar-refractivity contribution is -0.109. The molecule has 3 rings (SSSR count). The first-order valence-corrected chi connectivity index (χ1v) is 12.0. The van der Waals surface area contributed by atoms with Crippen LogP contribution in [0.2, 0.25) is 0 Å². The highest BCUT2D eigenvalue weighted by molar-refractivity contribution is 8.14. The minimum Gasteiger partial charge on any atom is -0.288 e. The predicted octanol–water partition coefficient (Wildman–Crippen LogP) is 4.35. The summed E-state index contributed by atoms with van der Waals surface area (Å²) in [5.41, 5.74) is 0.999. The maximum atomic E-state index is 12.0. The highest BCUT2D eigenvalue weighted by Gasteiger charge is 2.30. The molecular weight excluding hydrogens is 408 g/mol. The van der Waals surface area contributed by atoms with Gasteiger partial charge in [0.2, 0.25) is 0 Å². The van der Waals surface area contributed by atoms with Gasteiger partial charge < -0.3 is 0 Å². The molecule has 0 aliphatic heterocycles. The molecule has 0 aromatic heterocycles. The SMILES string of the molecule is CC(=O)SC1CCC(C#N)C1.Cc1ccc(S(=O)(=O)OC2CCC(C#N)C2)cc1. The largest absolute Gasteiger partial charge is 0.297 e. The van der Waals surface area contributed by atoms with Crippen molar-refractivity contribution in [3.63, 3.8) is 0 Å². The number of hydrogen-bond donors (Lipinski definition) is 0. The van der Waals surface area contributed by atoms with Crippen LogP contribution in [0.5, 0.6) is 0 Å². The Bertz CT molecular complexity index is 885. The second kappa shape index (κ2) is 10.8. The maximum absolute atomic E-state index is 12.0. The van der Waals surface area contributed by atoms with E-state index in [1.165, 1.54) is 11.8 Å². The molecule has 29 heavy (non-hydrogen) atoms. The first kappa shape index (κ1) is 23.4. The van der Waals surface area contributed by atoms with Crippen molar-refractivity contribution >= 4 is 27.0 Å². The van der Waals surface area contributed by atoms with E-state index < -0.39 is 10.1 Å². The van der Waals surface area contributed by atoms with Crippen LogP contribution in [0.1, 0.15) is 51.0 Å². The van der Waals surface area contributed by atoms with Crippen LogP contribution in [-0.4, -0.2) is 24.9 Å². The predicted molar refractivity (Wildman–Crippen MR) is 111 cm³/mol. The van der Waals surface area contributed by atoms with Crippen molar-refractivity contribution in [1.82, 2.24) is 0 Å². The summed E-state index contributed by atoms with van der Waals surface area (Å²) >= 11 is 1.39. The fraction of sp³-hybridized carbons (Fsp3) is 0.571. The molecule has 2 aliphatic carbocycles. The molecule has 0 saturated heterocycles. The van der Waals surface area contributed by atoms with Crippen molar-refractivity contribution in [2.24, 2.45) is 11.8 Å². The molecule has 2 saturated carbocycles. The molecule has 0 bridgehead atoms. The molecule has 0 radical (unpaired) electrons. The second-order valence-electron chi connectivity index (χ2n) is 7.50. The molecule has 6 nitrogen and oxygen atoms in total. The van der Waals surface area contributed by atoms with Crippen LogP contribution in [0.25, 0.3) is 0 Å². The minimum absolute atomic E-state index is 0.0804. The van der Waals surface area contributed by atoms with E-state index in [2.05, 4.69) is 12.1 Å². The van der Waals surface area contributed by atoms with Gasteiger partial charge in [0.15, 0.2) is 5.12 Å². The van der Waals surface area contributed by atoms with Crippen LogP contribution in [0, 0.1) is 41.4 Å². The van der Waals surface area contributed by atoms with E-state index in [4.69, 9.17) is 14.7 Å². The van der Waals surface area contributed by atoms with Crippen LogP contribution >= 0.6 is 11.8 Å². The summed E-state index contributed by atoms with van der Waals surface area (Å²) in [6.07, 6.45) is 4.39. The summed E-state index contributed by atoms with van der Waals surface area (Å²) < 4.78 is 29.2. The molecule has 1 aromatic rings. The van der Waals surface area contributed by atoms with Gasteiger partial charge in [-0.25, -0.2) is 0 Å². The minimum atomic E-state index is -3.70. The van der Waals surface area contributed by atoms with Gasteiger partial charge in [-0.05, 0) is 57.6 Å². The summed E-state index contributed by atoms with van der Waals surface area (Å²) in [6.45, 7) is 3.48. The van der Waals surface area contributed by atoms with Gasteiger partial charge in [0.25, 0.3) is 10.1 Å². The lowest BCUT2D eigenvalue weighted by Crippen LogP contribution is -2.16. The van der Waals surface area contributed by atoms with E-state index in [1.54, 1.807) is 31.2 Å². The van der Waals surface area contributed by atoms with Crippen molar-refractivity contribution in [1.29, 1.82) is 10.5 Å². The Hall–Kier alpha value is -1.87. The maximum Gasteiger partial charge on any atom is 0.297 e. The molecule has 1 aromatic carbocycles. The average Bonchev–Trinajstić information content (AvgIpc) is 3.30. The van der Waals surface area contributed by atoms with Gasteiger partial charge in [-0.1, -0.05) is 29.5 Å². The van der Waals surface area contributed by atoms with Crippen LogP contribution < -0.4 is 0 Å². The van der Waals surface area contributed by atoms with Crippen molar-refractivity contribution in [3.05, 3.63) is 29.8 Å². The molecule has 0 N–H and O–H groups in total. The Balaban J connectivity index is 0.000000234. The van der Waals surface area contributed by atoms with E-state index in [1.807, 2.05) is 6.92 Å². The smallest absolute Gasteiger partial charge is 0.288 e. The average molecular weight is 435 g/mol. The Morgan fingerprint density at radius 2 is 1.62 bits per heavy atom. The fourth-order valence-electron chi connectivity index (χ4n) is 3.48. The number of rotatable bonds is 4. The number of carbonyl (C=O) groups is 1. The number of aryl methyl sites for hydroxylation is 1. The zero-order chi connectivity index (χ0) is 21.4. The molecule has 4 unspecified atom stereocenters. The van der Waals surface area contributed by atoms with E-state index in [-0.39, 0.29) is 28.0 Å². The quantitative estimate of drug-likeness (QED) is 0.648. The Morgan fingerprint density at radius 1 is 1.03 bits per heavy atom.